The van der Waals surface area contributed by atoms with Crippen molar-refractivity contribution in [2.45, 2.75) is 50.2 Å². The summed E-state index contributed by atoms with van der Waals surface area (Å²) >= 11 is 0. The van der Waals surface area contributed by atoms with Gasteiger partial charge in [-0.3, -0.25) is 0 Å². The third-order valence-electron chi connectivity index (χ3n) is 5.03. The summed E-state index contributed by atoms with van der Waals surface area (Å²) in [7, 11) is 1.70. The highest BCUT2D eigenvalue weighted by Gasteiger charge is 2.43. The van der Waals surface area contributed by atoms with Crippen molar-refractivity contribution in [3.63, 3.8) is 0 Å². The molecule has 1 heterocycles. The summed E-state index contributed by atoms with van der Waals surface area (Å²) in [5.41, 5.74) is 7.96. The van der Waals surface area contributed by atoms with Crippen LogP contribution in [0.15, 0.2) is 24.3 Å². The number of hydrogen-bond donors (Lipinski definition) is 1. The highest BCUT2D eigenvalue weighted by atomic mass is 16.5. The first kappa shape index (κ1) is 13.9. The topological polar surface area (TPSA) is 44.5 Å². The largest absolute Gasteiger partial charge is 0.497 e. The maximum absolute atomic E-state index is 6.46. The summed E-state index contributed by atoms with van der Waals surface area (Å²) in [4.78, 5) is 0. The molecule has 1 aliphatic heterocycles. The molecule has 0 bridgehead atoms. The Labute approximate surface area is 121 Å². The number of nitrogens with two attached hydrogens (primary N) is 1. The van der Waals surface area contributed by atoms with Crippen molar-refractivity contribution in [3.8, 4) is 5.75 Å². The Morgan fingerprint density at radius 1 is 1.35 bits per heavy atom. The molecule has 3 nitrogen and oxygen atoms in total. The van der Waals surface area contributed by atoms with Crippen molar-refractivity contribution < 1.29 is 9.47 Å². The normalized spacial score (nSPS) is 26.0. The zero-order valence-electron chi connectivity index (χ0n) is 12.3. The van der Waals surface area contributed by atoms with Gasteiger partial charge in [-0.1, -0.05) is 12.1 Å². The van der Waals surface area contributed by atoms with Gasteiger partial charge in [0.1, 0.15) is 5.75 Å². The van der Waals surface area contributed by atoms with E-state index >= 15 is 0 Å². The number of methoxy groups -OCH3 is 1. The molecule has 3 rings (SSSR count). The van der Waals surface area contributed by atoms with Crippen molar-refractivity contribution >= 4 is 0 Å². The molecule has 1 aromatic carbocycles. The van der Waals surface area contributed by atoms with E-state index in [0.29, 0.717) is 5.92 Å². The lowest BCUT2D eigenvalue weighted by atomic mass is 9.70. The highest BCUT2D eigenvalue weighted by Crippen LogP contribution is 2.45. The van der Waals surface area contributed by atoms with Crippen LogP contribution in [-0.2, 0) is 11.2 Å². The van der Waals surface area contributed by atoms with Crippen LogP contribution in [0.1, 0.15) is 37.7 Å². The van der Waals surface area contributed by atoms with Crippen molar-refractivity contribution in [3.05, 3.63) is 29.8 Å². The van der Waals surface area contributed by atoms with Gasteiger partial charge in [-0.2, -0.15) is 0 Å². The predicted molar refractivity (Wildman–Crippen MR) is 79.9 cm³/mol. The van der Waals surface area contributed by atoms with Crippen LogP contribution in [0.2, 0.25) is 0 Å². The Hall–Kier alpha value is -1.06. The van der Waals surface area contributed by atoms with Crippen LogP contribution in [-0.4, -0.2) is 25.4 Å². The fraction of sp³-hybridized carbons (Fsp3) is 0.647. The van der Waals surface area contributed by atoms with Crippen LogP contribution in [0.25, 0.3) is 0 Å². The third-order valence-corrected chi connectivity index (χ3v) is 5.03. The van der Waals surface area contributed by atoms with Gasteiger partial charge in [-0.05, 0) is 62.1 Å². The van der Waals surface area contributed by atoms with Gasteiger partial charge in [-0.25, -0.2) is 0 Å². The number of rotatable bonds is 4. The maximum Gasteiger partial charge on any atom is 0.118 e. The summed E-state index contributed by atoms with van der Waals surface area (Å²) in [5.74, 6) is 1.51. The second-order valence-corrected chi connectivity index (χ2v) is 6.35. The quantitative estimate of drug-likeness (QED) is 0.919. The summed E-state index contributed by atoms with van der Waals surface area (Å²) < 4.78 is 11.2. The Balaban J connectivity index is 1.58. The SMILES string of the molecule is COc1ccc(CC(N)C2CCOC3(CCC3)C2)cc1. The van der Waals surface area contributed by atoms with Gasteiger partial charge in [0.2, 0.25) is 0 Å². The lowest BCUT2D eigenvalue weighted by molar-refractivity contribution is -0.145. The zero-order chi connectivity index (χ0) is 14.0. The highest BCUT2D eigenvalue weighted by molar-refractivity contribution is 5.27. The van der Waals surface area contributed by atoms with E-state index in [1.165, 1.54) is 24.8 Å². The molecule has 1 saturated heterocycles. The minimum Gasteiger partial charge on any atom is -0.497 e. The van der Waals surface area contributed by atoms with Crippen LogP contribution in [0.5, 0.6) is 5.75 Å². The number of benzene rings is 1. The summed E-state index contributed by atoms with van der Waals surface area (Å²) in [5, 5.41) is 0. The molecular formula is C17H25NO2. The van der Waals surface area contributed by atoms with Gasteiger partial charge in [0, 0.05) is 12.6 Å². The second kappa shape index (κ2) is 5.74. The summed E-state index contributed by atoms with van der Waals surface area (Å²) in [6, 6.07) is 8.51. The van der Waals surface area contributed by atoms with Crippen molar-refractivity contribution in [1.29, 1.82) is 0 Å². The molecule has 3 heteroatoms. The van der Waals surface area contributed by atoms with Crippen molar-refractivity contribution in [2.75, 3.05) is 13.7 Å². The molecule has 2 aliphatic rings. The fourth-order valence-electron chi connectivity index (χ4n) is 3.55. The molecule has 2 N–H and O–H groups in total. The van der Waals surface area contributed by atoms with Crippen LogP contribution in [0, 0.1) is 5.92 Å². The van der Waals surface area contributed by atoms with E-state index in [4.69, 9.17) is 15.2 Å². The Kier molecular flexibility index (Phi) is 3.99. The van der Waals surface area contributed by atoms with Crippen molar-refractivity contribution in [1.82, 2.24) is 0 Å². The molecule has 2 unspecified atom stereocenters. The molecule has 1 aliphatic carbocycles. The molecule has 1 saturated carbocycles. The van der Waals surface area contributed by atoms with Gasteiger partial charge >= 0.3 is 0 Å². The van der Waals surface area contributed by atoms with Gasteiger partial charge < -0.3 is 15.2 Å². The van der Waals surface area contributed by atoms with Gasteiger partial charge in [0.05, 0.1) is 12.7 Å². The van der Waals surface area contributed by atoms with E-state index < -0.39 is 0 Å². The van der Waals surface area contributed by atoms with Crippen molar-refractivity contribution in [2.24, 2.45) is 11.7 Å². The monoisotopic (exact) mass is 275 g/mol. The molecule has 0 amide bonds. The third kappa shape index (κ3) is 2.84. The van der Waals surface area contributed by atoms with Crippen LogP contribution in [0.3, 0.4) is 0 Å². The number of ether oxygens (including phenoxy) is 2. The van der Waals surface area contributed by atoms with E-state index in [0.717, 1.165) is 31.6 Å². The van der Waals surface area contributed by atoms with Gasteiger partial charge in [0.25, 0.3) is 0 Å². The smallest absolute Gasteiger partial charge is 0.118 e. The van der Waals surface area contributed by atoms with Crippen LogP contribution in [0.4, 0.5) is 0 Å². The molecule has 1 aromatic rings. The average Bonchev–Trinajstić information content (AvgIpc) is 2.46. The Bertz CT molecular complexity index is 439. The van der Waals surface area contributed by atoms with Gasteiger partial charge in [0.15, 0.2) is 0 Å². The lowest BCUT2D eigenvalue weighted by Crippen LogP contribution is -2.49. The lowest BCUT2D eigenvalue weighted by Gasteiger charge is -2.48. The predicted octanol–water partition coefficient (Wildman–Crippen LogP) is 2.91. The Morgan fingerprint density at radius 2 is 2.10 bits per heavy atom. The molecule has 20 heavy (non-hydrogen) atoms. The minimum atomic E-state index is 0.195. The molecular weight excluding hydrogens is 250 g/mol. The fourth-order valence-corrected chi connectivity index (χ4v) is 3.55. The average molecular weight is 275 g/mol. The minimum absolute atomic E-state index is 0.195. The maximum atomic E-state index is 6.46. The van der Waals surface area contributed by atoms with Gasteiger partial charge in [-0.15, -0.1) is 0 Å². The van der Waals surface area contributed by atoms with E-state index in [1.807, 2.05) is 12.1 Å². The van der Waals surface area contributed by atoms with E-state index in [9.17, 15) is 0 Å². The van der Waals surface area contributed by atoms with Crippen LogP contribution >= 0.6 is 0 Å². The molecule has 2 fully saturated rings. The molecule has 0 aromatic heterocycles. The first-order valence-electron chi connectivity index (χ1n) is 7.73. The molecule has 2 atom stereocenters. The zero-order valence-corrected chi connectivity index (χ0v) is 12.3. The van der Waals surface area contributed by atoms with E-state index in [1.54, 1.807) is 7.11 Å². The number of hydrogen-bond acceptors (Lipinski definition) is 3. The molecule has 110 valence electrons. The Morgan fingerprint density at radius 3 is 2.70 bits per heavy atom. The standard InChI is InChI=1S/C17H25NO2/c1-19-15-5-3-13(4-6-15)11-16(18)14-7-10-20-17(12-14)8-2-9-17/h3-6,14,16H,2,7-12,18H2,1H3. The second-order valence-electron chi connectivity index (χ2n) is 6.35. The molecule has 0 radical (unpaired) electrons. The summed E-state index contributed by atoms with van der Waals surface area (Å²) in [6.07, 6.45) is 7.01. The molecule has 1 spiro atoms. The van der Waals surface area contributed by atoms with E-state index in [-0.39, 0.29) is 11.6 Å². The van der Waals surface area contributed by atoms with Crippen LogP contribution < -0.4 is 10.5 Å². The first-order chi connectivity index (χ1) is 9.71. The van der Waals surface area contributed by atoms with E-state index in [2.05, 4.69) is 12.1 Å². The summed E-state index contributed by atoms with van der Waals surface area (Å²) in [6.45, 7) is 0.890. The first-order valence-corrected chi connectivity index (χ1v) is 7.73.